The highest BCUT2D eigenvalue weighted by Gasteiger charge is 2.27. The van der Waals surface area contributed by atoms with Crippen LogP contribution in [0.2, 0.25) is 0 Å². The van der Waals surface area contributed by atoms with Crippen LogP contribution in [0, 0.1) is 11.7 Å². The number of rotatable bonds is 5. The third-order valence-corrected chi connectivity index (χ3v) is 4.22. The third kappa shape index (κ3) is 6.29. The van der Waals surface area contributed by atoms with E-state index in [2.05, 4.69) is 0 Å². The summed E-state index contributed by atoms with van der Waals surface area (Å²) in [4.78, 5) is 13.8. The monoisotopic (exact) mass is 352 g/mol. The molecule has 1 aliphatic rings. The van der Waals surface area contributed by atoms with E-state index in [0.717, 1.165) is 12.8 Å². The molecule has 1 saturated heterocycles. The fraction of sp³-hybridized carbons (Fsp3) is 0.632. The summed E-state index contributed by atoms with van der Waals surface area (Å²) in [5.41, 5.74) is 6.00. The summed E-state index contributed by atoms with van der Waals surface area (Å²) in [6.45, 7) is 7.79. The Labute approximate surface area is 149 Å². The molecule has 0 aliphatic carbocycles. The Morgan fingerprint density at radius 3 is 2.56 bits per heavy atom. The van der Waals surface area contributed by atoms with Crippen molar-refractivity contribution >= 4 is 6.09 Å². The van der Waals surface area contributed by atoms with E-state index >= 15 is 0 Å². The summed E-state index contributed by atoms with van der Waals surface area (Å²) >= 11 is 0. The highest BCUT2D eigenvalue weighted by Crippen LogP contribution is 2.21. The Bertz CT molecular complexity index is 566. The van der Waals surface area contributed by atoms with Gasteiger partial charge in [-0.2, -0.15) is 0 Å². The van der Waals surface area contributed by atoms with Gasteiger partial charge in [0.05, 0.1) is 12.6 Å². The van der Waals surface area contributed by atoms with Gasteiger partial charge in [0.25, 0.3) is 0 Å². The maximum Gasteiger partial charge on any atom is 0.410 e. The van der Waals surface area contributed by atoms with Gasteiger partial charge in [-0.25, -0.2) is 9.18 Å². The lowest BCUT2D eigenvalue weighted by Crippen LogP contribution is -2.42. The first-order chi connectivity index (χ1) is 11.8. The number of amides is 1. The molecule has 0 radical (unpaired) electrons. The van der Waals surface area contributed by atoms with Crippen molar-refractivity contribution in [1.29, 1.82) is 0 Å². The number of nitrogens with zero attached hydrogens (tertiary/aromatic N) is 1. The van der Waals surface area contributed by atoms with E-state index in [1.807, 2.05) is 20.8 Å². The van der Waals surface area contributed by atoms with Crippen molar-refractivity contribution in [2.75, 3.05) is 26.3 Å². The lowest BCUT2D eigenvalue weighted by atomic mass is 9.98. The maximum absolute atomic E-state index is 13.7. The number of piperidine rings is 1. The Balaban J connectivity index is 1.69. The lowest BCUT2D eigenvalue weighted by Gasteiger charge is -2.33. The van der Waals surface area contributed by atoms with E-state index in [9.17, 15) is 9.18 Å². The Morgan fingerprint density at radius 2 is 1.96 bits per heavy atom. The molecule has 1 amide bonds. The molecule has 0 aromatic heterocycles. The summed E-state index contributed by atoms with van der Waals surface area (Å²) in [6, 6.07) is 6.03. The molecule has 2 N–H and O–H groups in total. The van der Waals surface area contributed by atoms with Gasteiger partial charge in [-0.15, -0.1) is 0 Å². The van der Waals surface area contributed by atoms with Crippen LogP contribution in [0.5, 0.6) is 0 Å². The number of halogens is 1. The number of hydrogen-bond acceptors (Lipinski definition) is 4. The number of carbonyl (C=O) groups is 1. The van der Waals surface area contributed by atoms with E-state index in [-0.39, 0.29) is 18.5 Å². The first kappa shape index (κ1) is 19.7. The van der Waals surface area contributed by atoms with Crippen LogP contribution in [0.25, 0.3) is 0 Å². The van der Waals surface area contributed by atoms with Crippen molar-refractivity contribution in [2.24, 2.45) is 11.7 Å². The van der Waals surface area contributed by atoms with Gasteiger partial charge in [0.15, 0.2) is 0 Å². The SMILES string of the molecule is CC(C)(C)OC(=O)N1CCC(COCC(N)c2ccccc2F)CC1. The van der Waals surface area contributed by atoms with Crippen LogP contribution >= 0.6 is 0 Å². The zero-order valence-corrected chi connectivity index (χ0v) is 15.3. The molecule has 6 heteroatoms. The second kappa shape index (κ2) is 8.63. The molecule has 1 atom stereocenters. The van der Waals surface area contributed by atoms with Crippen molar-refractivity contribution in [3.63, 3.8) is 0 Å². The van der Waals surface area contributed by atoms with Gasteiger partial charge in [-0.1, -0.05) is 18.2 Å². The Morgan fingerprint density at radius 1 is 1.32 bits per heavy atom. The normalized spacial score (nSPS) is 17.4. The largest absolute Gasteiger partial charge is 0.444 e. The van der Waals surface area contributed by atoms with Gasteiger partial charge in [-0.05, 0) is 45.6 Å². The predicted octanol–water partition coefficient (Wildman–Crippen LogP) is 3.49. The number of nitrogens with two attached hydrogens (primary N) is 1. The first-order valence-electron chi connectivity index (χ1n) is 8.82. The molecule has 1 aromatic rings. The number of likely N-dealkylation sites (tertiary alicyclic amines) is 1. The van der Waals surface area contributed by atoms with Crippen molar-refractivity contribution in [1.82, 2.24) is 4.90 Å². The fourth-order valence-electron chi connectivity index (χ4n) is 2.84. The number of ether oxygens (including phenoxy) is 2. The molecular formula is C19H29FN2O3. The summed E-state index contributed by atoms with van der Waals surface area (Å²) in [6.07, 6.45) is 1.48. The number of hydrogen-bond donors (Lipinski definition) is 1. The van der Waals surface area contributed by atoms with E-state index in [1.165, 1.54) is 6.07 Å². The minimum absolute atomic E-state index is 0.256. The molecular weight excluding hydrogens is 323 g/mol. The molecule has 0 bridgehead atoms. The van der Waals surface area contributed by atoms with Crippen LogP contribution in [0.15, 0.2) is 24.3 Å². The van der Waals surface area contributed by atoms with Gasteiger partial charge in [0, 0.05) is 25.3 Å². The standard InChI is InChI=1S/C19H29FN2O3/c1-19(2,3)25-18(23)22-10-8-14(9-11-22)12-24-13-17(21)15-6-4-5-7-16(15)20/h4-7,14,17H,8-13,21H2,1-3H3. The smallest absolute Gasteiger partial charge is 0.410 e. The topological polar surface area (TPSA) is 64.8 Å². The van der Waals surface area contributed by atoms with Gasteiger partial charge in [-0.3, -0.25) is 0 Å². The molecule has 140 valence electrons. The molecule has 1 heterocycles. The number of carbonyl (C=O) groups excluding carboxylic acids is 1. The zero-order chi connectivity index (χ0) is 18.4. The molecule has 1 aromatic carbocycles. The van der Waals surface area contributed by atoms with Gasteiger partial charge in [0.1, 0.15) is 11.4 Å². The van der Waals surface area contributed by atoms with Gasteiger partial charge in [0.2, 0.25) is 0 Å². The van der Waals surface area contributed by atoms with Crippen molar-refractivity contribution in [3.05, 3.63) is 35.6 Å². The van der Waals surface area contributed by atoms with E-state index in [0.29, 0.717) is 31.2 Å². The molecule has 1 fully saturated rings. The summed E-state index contributed by atoms with van der Waals surface area (Å²) in [7, 11) is 0. The second-order valence-corrected chi connectivity index (χ2v) is 7.58. The molecule has 0 saturated carbocycles. The quantitative estimate of drug-likeness (QED) is 0.881. The summed E-state index contributed by atoms with van der Waals surface area (Å²) < 4.78 is 24.8. The van der Waals surface area contributed by atoms with Crippen molar-refractivity contribution < 1.29 is 18.7 Å². The van der Waals surface area contributed by atoms with Crippen LogP contribution in [-0.2, 0) is 9.47 Å². The first-order valence-corrected chi connectivity index (χ1v) is 8.82. The predicted molar refractivity (Wildman–Crippen MR) is 94.7 cm³/mol. The molecule has 0 spiro atoms. The van der Waals surface area contributed by atoms with Crippen LogP contribution in [0.1, 0.15) is 45.2 Å². The zero-order valence-electron chi connectivity index (χ0n) is 15.3. The molecule has 2 rings (SSSR count). The summed E-state index contributed by atoms with van der Waals surface area (Å²) in [5.74, 6) is 0.0794. The van der Waals surface area contributed by atoms with Crippen molar-refractivity contribution in [3.8, 4) is 0 Å². The van der Waals surface area contributed by atoms with E-state index in [4.69, 9.17) is 15.2 Å². The van der Waals surface area contributed by atoms with E-state index < -0.39 is 11.6 Å². The maximum atomic E-state index is 13.7. The molecule has 1 aliphatic heterocycles. The third-order valence-electron chi connectivity index (χ3n) is 4.22. The van der Waals surface area contributed by atoms with Crippen LogP contribution in [0.3, 0.4) is 0 Å². The molecule has 1 unspecified atom stereocenters. The average molecular weight is 352 g/mol. The minimum atomic E-state index is -0.472. The fourth-order valence-corrected chi connectivity index (χ4v) is 2.84. The summed E-state index contributed by atoms with van der Waals surface area (Å²) in [5, 5.41) is 0. The second-order valence-electron chi connectivity index (χ2n) is 7.58. The van der Waals surface area contributed by atoms with Crippen LogP contribution in [0.4, 0.5) is 9.18 Å². The van der Waals surface area contributed by atoms with Crippen LogP contribution in [-0.4, -0.2) is 42.9 Å². The Kier molecular flexibility index (Phi) is 6.79. The molecule has 5 nitrogen and oxygen atoms in total. The highest BCUT2D eigenvalue weighted by molar-refractivity contribution is 5.68. The highest BCUT2D eigenvalue weighted by atomic mass is 19.1. The van der Waals surface area contributed by atoms with Gasteiger partial charge >= 0.3 is 6.09 Å². The average Bonchev–Trinajstić information content (AvgIpc) is 2.54. The molecule has 25 heavy (non-hydrogen) atoms. The van der Waals surface area contributed by atoms with Gasteiger partial charge < -0.3 is 20.1 Å². The minimum Gasteiger partial charge on any atom is -0.444 e. The lowest BCUT2D eigenvalue weighted by molar-refractivity contribution is 0.0109. The Hall–Kier alpha value is -1.66. The number of benzene rings is 1. The van der Waals surface area contributed by atoms with Crippen molar-refractivity contribution in [2.45, 2.75) is 45.3 Å². The van der Waals surface area contributed by atoms with Crippen LogP contribution < -0.4 is 5.73 Å². The van der Waals surface area contributed by atoms with E-state index in [1.54, 1.807) is 23.1 Å².